The number of benzene rings is 1. The minimum Gasteiger partial charge on any atom is -0.335 e. The monoisotopic (exact) mass is 262 g/mol. The fourth-order valence-corrected chi connectivity index (χ4v) is 3.20. The first-order valence-corrected chi connectivity index (χ1v) is 7.64. The molecular formula is C15H22N2S. The third-order valence-electron chi connectivity index (χ3n) is 3.20. The topological polar surface area (TPSA) is 24.4 Å². The van der Waals surface area contributed by atoms with Gasteiger partial charge in [-0.15, -0.1) is 0 Å². The molecule has 0 fully saturated rings. The number of aryl methyl sites for hydroxylation is 2. The highest BCUT2D eigenvalue weighted by molar-refractivity contribution is 8.14. The molecular weight excluding hydrogens is 240 g/mol. The zero-order chi connectivity index (χ0) is 13.2. The molecule has 1 aromatic carbocycles. The molecule has 0 radical (unpaired) electrons. The lowest BCUT2D eigenvalue weighted by Crippen LogP contribution is -2.15. The third-order valence-corrected chi connectivity index (χ3v) is 4.51. The summed E-state index contributed by atoms with van der Waals surface area (Å²) in [5.74, 6) is 1.06. The maximum absolute atomic E-state index is 4.74. The standard InChI is InChI=1S/C15H22N2S/c1-5-11-8-7-9-12(6-2)13(11)16-14-17-15(3,4)10-18-14/h7-9H,5-6,10H2,1-4H3,(H,16,17). The van der Waals surface area contributed by atoms with E-state index in [1.54, 1.807) is 0 Å². The molecule has 2 nitrogen and oxygen atoms in total. The van der Waals surface area contributed by atoms with Gasteiger partial charge in [-0.25, -0.2) is 0 Å². The van der Waals surface area contributed by atoms with Crippen LogP contribution in [0.15, 0.2) is 23.2 Å². The van der Waals surface area contributed by atoms with E-state index >= 15 is 0 Å². The summed E-state index contributed by atoms with van der Waals surface area (Å²) >= 11 is 1.82. The Balaban J connectivity index is 2.28. The van der Waals surface area contributed by atoms with Gasteiger partial charge in [0.05, 0.1) is 5.54 Å². The van der Waals surface area contributed by atoms with Crippen molar-refractivity contribution in [2.45, 2.75) is 46.1 Å². The van der Waals surface area contributed by atoms with Crippen molar-refractivity contribution in [3.63, 3.8) is 0 Å². The van der Waals surface area contributed by atoms with Gasteiger partial charge in [0.1, 0.15) is 0 Å². The Kier molecular flexibility index (Phi) is 4.00. The van der Waals surface area contributed by atoms with Crippen molar-refractivity contribution in [2.24, 2.45) is 4.99 Å². The predicted octanol–water partition coefficient (Wildman–Crippen LogP) is 4.10. The Morgan fingerprint density at radius 1 is 1.22 bits per heavy atom. The molecule has 1 aliphatic rings. The number of anilines is 1. The second-order valence-electron chi connectivity index (χ2n) is 5.30. The molecule has 0 spiro atoms. The van der Waals surface area contributed by atoms with E-state index in [9.17, 15) is 0 Å². The molecule has 1 aliphatic heterocycles. The zero-order valence-corrected chi connectivity index (χ0v) is 12.5. The molecule has 3 heteroatoms. The Labute approximate surface area is 114 Å². The average molecular weight is 262 g/mol. The van der Waals surface area contributed by atoms with E-state index in [-0.39, 0.29) is 5.54 Å². The maximum atomic E-state index is 4.74. The molecule has 1 heterocycles. The summed E-state index contributed by atoms with van der Waals surface area (Å²) in [6, 6.07) is 6.55. The van der Waals surface area contributed by atoms with Gasteiger partial charge in [0.25, 0.3) is 0 Å². The van der Waals surface area contributed by atoms with Crippen LogP contribution in [0.2, 0.25) is 0 Å². The number of hydrogen-bond donors (Lipinski definition) is 1. The lowest BCUT2D eigenvalue weighted by Gasteiger charge is -2.15. The van der Waals surface area contributed by atoms with Crippen molar-refractivity contribution in [1.29, 1.82) is 0 Å². The molecule has 0 saturated carbocycles. The largest absolute Gasteiger partial charge is 0.335 e. The Morgan fingerprint density at radius 2 is 1.83 bits per heavy atom. The number of nitrogens with one attached hydrogen (secondary N) is 1. The first-order chi connectivity index (χ1) is 8.55. The van der Waals surface area contributed by atoms with E-state index in [2.05, 4.69) is 51.2 Å². The zero-order valence-electron chi connectivity index (χ0n) is 11.7. The lowest BCUT2D eigenvalue weighted by molar-refractivity contribution is 0.605. The van der Waals surface area contributed by atoms with E-state index in [1.165, 1.54) is 16.8 Å². The van der Waals surface area contributed by atoms with Crippen LogP contribution in [0.3, 0.4) is 0 Å². The lowest BCUT2D eigenvalue weighted by atomic mass is 10.0. The van der Waals surface area contributed by atoms with E-state index in [4.69, 9.17) is 4.99 Å². The molecule has 0 aromatic heterocycles. The Bertz CT molecular complexity index is 441. The van der Waals surface area contributed by atoms with Gasteiger partial charge in [0, 0.05) is 11.4 Å². The van der Waals surface area contributed by atoms with Gasteiger partial charge in [-0.3, -0.25) is 4.99 Å². The van der Waals surface area contributed by atoms with Crippen molar-refractivity contribution in [3.8, 4) is 0 Å². The number of hydrogen-bond acceptors (Lipinski definition) is 3. The first-order valence-electron chi connectivity index (χ1n) is 6.66. The van der Waals surface area contributed by atoms with E-state index in [1.807, 2.05) is 11.8 Å². The average Bonchev–Trinajstić information content (AvgIpc) is 2.69. The molecule has 0 amide bonds. The number of amidine groups is 1. The van der Waals surface area contributed by atoms with E-state index in [0.717, 1.165) is 23.8 Å². The van der Waals surface area contributed by atoms with Gasteiger partial charge in [-0.1, -0.05) is 43.8 Å². The third kappa shape index (κ3) is 2.89. The van der Waals surface area contributed by atoms with Gasteiger partial charge < -0.3 is 5.32 Å². The van der Waals surface area contributed by atoms with Gasteiger partial charge >= 0.3 is 0 Å². The second kappa shape index (κ2) is 5.35. The molecule has 0 aliphatic carbocycles. The summed E-state index contributed by atoms with van der Waals surface area (Å²) in [7, 11) is 0. The van der Waals surface area contributed by atoms with Crippen LogP contribution in [0, 0.1) is 0 Å². The van der Waals surface area contributed by atoms with Crippen molar-refractivity contribution >= 4 is 22.6 Å². The molecule has 2 rings (SSSR count). The van der Waals surface area contributed by atoms with Crippen molar-refractivity contribution in [3.05, 3.63) is 29.3 Å². The summed E-state index contributed by atoms with van der Waals surface area (Å²) in [6.07, 6.45) is 2.11. The number of rotatable bonds is 3. The highest BCUT2D eigenvalue weighted by Gasteiger charge is 2.25. The number of nitrogens with zero attached hydrogens (tertiary/aromatic N) is 1. The maximum Gasteiger partial charge on any atom is 0.161 e. The number of aliphatic imine (C=N–C) groups is 1. The van der Waals surface area contributed by atoms with Crippen LogP contribution < -0.4 is 5.32 Å². The summed E-state index contributed by atoms with van der Waals surface area (Å²) in [5.41, 5.74) is 4.09. The van der Waals surface area contributed by atoms with Crippen molar-refractivity contribution < 1.29 is 0 Å². The molecule has 0 saturated heterocycles. The minimum atomic E-state index is 0.0700. The molecule has 18 heavy (non-hydrogen) atoms. The normalized spacial score (nSPS) is 17.7. The van der Waals surface area contributed by atoms with Crippen LogP contribution in [-0.2, 0) is 12.8 Å². The fourth-order valence-electron chi connectivity index (χ4n) is 2.16. The number of para-hydroxylation sites is 1. The molecule has 98 valence electrons. The summed E-state index contributed by atoms with van der Waals surface area (Å²) in [4.78, 5) is 4.74. The smallest absolute Gasteiger partial charge is 0.161 e. The van der Waals surface area contributed by atoms with Crippen LogP contribution >= 0.6 is 11.8 Å². The summed E-state index contributed by atoms with van der Waals surface area (Å²) in [5, 5.41) is 4.61. The summed E-state index contributed by atoms with van der Waals surface area (Å²) < 4.78 is 0. The number of thioether (sulfide) groups is 1. The molecule has 0 atom stereocenters. The Hall–Kier alpha value is -0.960. The molecule has 0 bridgehead atoms. The predicted molar refractivity (Wildman–Crippen MR) is 82.8 cm³/mol. The summed E-state index contributed by atoms with van der Waals surface area (Å²) in [6.45, 7) is 8.77. The Morgan fingerprint density at radius 3 is 2.28 bits per heavy atom. The van der Waals surface area contributed by atoms with Crippen molar-refractivity contribution in [2.75, 3.05) is 11.1 Å². The highest BCUT2D eigenvalue weighted by atomic mass is 32.2. The van der Waals surface area contributed by atoms with Gasteiger partial charge in [-0.05, 0) is 37.8 Å². The first kappa shape index (κ1) is 13.5. The molecule has 0 unspecified atom stereocenters. The van der Waals surface area contributed by atoms with Crippen LogP contribution in [-0.4, -0.2) is 16.5 Å². The minimum absolute atomic E-state index is 0.0700. The second-order valence-corrected chi connectivity index (χ2v) is 6.27. The van der Waals surface area contributed by atoms with E-state index in [0.29, 0.717) is 0 Å². The SMILES string of the molecule is CCc1cccc(CC)c1NC1=NC(C)(C)CS1. The van der Waals surface area contributed by atoms with E-state index < -0.39 is 0 Å². The molecule has 1 N–H and O–H groups in total. The van der Waals surface area contributed by atoms with Gasteiger partial charge in [-0.2, -0.15) is 0 Å². The van der Waals surface area contributed by atoms with Crippen LogP contribution in [0.1, 0.15) is 38.8 Å². The quantitative estimate of drug-likeness (QED) is 0.886. The van der Waals surface area contributed by atoms with Crippen molar-refractivity contribution in [1.82, 2.24) is 0 Å². The van der Waals surface area contributed by atoms with Crippen LogP contribution in [0.5, 0.6) is 0 Å². The van der Waals surface area contributed by atoms with Crippen LogP contribution in [0.4, 0.5) is 5.69 Å². The van der Waals surface area contributed by atoms with Crippen LogP contribution in [0.25, 0.3) is 0 Å². The van der Waals surface area contributed by atoms with Gasteiger partial charge in [0.15, 0.2) is 5.17 Å². The molecule has 1 aromatic rings. The van der Waals surface area contributed by atoms with Gasteiger partial charge in [0.2, 0.25) is 0 Å². The highest BCUT2D eigenvalue weighted by Crippen LogP contribution is 2.30. The fraction of sp³-hybridized carbons (Fsp3) is 0.533.